The molecular weight excluding hydrogens is 345 g/mol. The molecule has 1 aromatic heterocycles. The van der Waals surface area contributed by atoms with E-state index in [1.165, 1.54) is 0 Å². The van der Waals surface area contributed by atoms with E-state index in [4.69, 9.17) is 16.1 Å². The van der Waals surface area contributed by atoms with Crippen molar-refractivity contribution < 1.29 is 22.5 Å². The molecular formula is C16H14ClF3N2O2. The van der Waals surface area contributed by atoms with E-state index in [0.717, 1.165) is 24.6 Å². The van der Waals surface area contributed by atoms with Crippen molar-refractivity contribution in [3.63, 3.8) is 0 Å². The Balaban J connectivity index is 1.87. The SMILES string of the molecule is C[C@H]1CCc2onc(C(=O)Nc3cc(C(F)(F)F)ccc3Cl)c2C1. The number of fused-ring (bicyclic) bond motifs is 1. The number of carbonyl (C=O) groups is 1. The van der Waals surface area contributed by atoms with E-state index in [2.05, 4.69) is 17.4 Å². The summed E-state index contributed by atoms with van der Waals surface area (Å²) in [7, 11) is 0. The zero-order chi connectivity index (χ0) is 17.5. The molecule has 1 aliphatic carbocycles. The second-order valence-electron chi connectivity index (χ2n) is 5.93. The zero-order valence-electron chi connectivity index (χ0n) is 12.7. The minimum absolute atomic E-state index is 0.0158. The second-order valence-corrected chi connectivity index (χ2v) is 6.33. The standard InChI is InChI=1S/C16H14ClF3N2O2/c1-8-2-5-13-10(6-8)14(22-24-13)15(23)21-12-7-9(16(18,19)20)3-4-11(12)17/h3-4,7-8H,2,5-6H2,1H3,(H,21,23)/t8-/m0/s1. The van der Waals surface area contributed by atoms with Crippen molar-refractivity contribution in [2.45, 2.75) is 32.4 Å². The van der Waals surface area contributed by atoms with Crippen molar-refractivity contribution in [3.8, 4) is 0 Å². The highest BCUT2D eigenvalue weighted by Gasteiger charge is 2.32. The molecule has 0 saturated heterocycles. The maximum atomic E-state index is 12.8. The number of aryl methyl sites for hydroxylation is 1. The third-order valence-electron chi connectivity index (χ3n) is 4.04. The molecule has 0 radical (unpaired) electrons. The number of carbonyl (C=O) groups excluding carboxylic acids is 1. The van der Waals surface area contributed by atoms with Crippen molar-refractivity contribution in [1.82, 2.24) is 5.16 Å². The van der Waals surface area contributed by atoms with Gasteiger partial charge >= 0.3 is 6.18 Å². The fourth-order valence-corrected chi connectivity index (χ4v) is 2.90. The summed E-state index contributed by atoms with van der Waals surface area (Å²) in [5.41, 5.74) is -0.186. The van der Waals surface area contributed by atoms with Crippen molar-refractivity contribution in [3.05, 3.63) is 45.8 Å². The monoisotopic (exact) mass is 358 g/mol. The van der Waals surface area contributed by atoms with Gasteiger partial charge in [-0.05, 0) is 37.0 Å². The second kappa shape index (κ2) is 6.12. The molecule has 4 nitrogen and oxygen atoms in total. The van der Waals surface area contributed by atoms with Crippen LogP contribution >= 0.6 is 11.6 Å². The quantitative estimate of drug-likeness (QED) is 0.844. The summed E-state index contributed by atoms with van der Waals surface area (Å²) in [4.78, 5) is 12.4. The fourth-order valence-electron chi connectivity index (χ4n) is 2.74. The molecule has 1 amide bonds. The molecule has 0 spiro atoms. The van der Waals surface area contributed by atoms with Crippen LogP contribution < -0.4 is 5.32 Å². The average Bonchev–Trinajstić information content (AvgIpc) is 2.91. The molecule has 128 valence electrons. The molecule has 0 saturated carbocycles. The van der Waals surface area contributed by atoms with Crippen LogP contribution in [0.3, 0.4) is 0 Å². The first-order valence-electron chi connectivity index (χ1n) is 7.41. The molecule has 24 heavy (non-hydrogen) atoms. The van der Waals surface area contributed by atoms with Crippen LogP contribution in [0.2, 0.25) is 5.02 Å². The molecule has 1 aliphatic rings. The lowest BCUT2D eigenvalue weighted by atomic mass is 9.88. The molecule has 1 heterocycles. The number of hydrogen-bond donors (Lipinski definition) is 1. The number of hydrogen-bond acceptors (Lipinski definition) is 3. The average molecular weight is 359 g/mol. The van der Waals surface area contributed by atoms with E-state index in [1.54, 1.807) is 0 Å². The van der Waals surface area contributed by atoms with E-state index < -0.39 is 17.6 Å². The van der Waals surface area contributed by atoms with Crippen LogP contribution in [0.1, 0.15) is 40.7 Å². The van der Waals surface area contributed by atoms with Crippen LogP contribution in [0.4, 0.5) is 18.9 Å². The van der Waals surface area contributed by atoms with E-state index in [1.807, 2.05) is 0 Å². The lowest BCUT2D eigenvalue weighted by molar-refractivity contribution is -0.137. The lowest BCUT2D eigenvalue weighted by Crippen LogP contribution is -2.18. The number of halogens is 4. The van der Waals surface area contributed by atoms with Crippen LogP contribution in [0, 0.1) is 5.92 Å². The van der Waals surface area contributed by atoms with Crippen LogP contribution in [-0.4, -0.2) is 11.1 Å². The maximum Gasteiger partial charge on any atom is 0.416 e. The molecule has 0 aliphatic heterocycles. The molecule has 0 bridgehead atoms. The Kier molecular flexibility index (Phi) is 4.29. The van der Waals surface area contributed by atoms with Gasteiger partial charge in [0.05, 0.1) is 16.3 Å². The predicted molar refractivity (Wildman–Crippen MR) is 82.1 cm³/mol. The molecule has 3 rings (SSSR count). The normalized spacial score (nSPS) is 17.5. The van der Waals surface area contributed by atoms with Crippen molar-refractivity contribution in [2.24, 2.45) is 5.92 Å². The number of rotatable bonds is 2. The molecule has 0 fully saturated rings. The third kappa shape index (κ3) is 3.26. The highest BCUT2D eigenvalue weighted by molar-refractivity contribution is 6.34. The maximum absolute atomic E-state index is 12.8. The van der Waals surface area contributed by atoms with Gasteiger partial charge in [0.25, 0.3) is 5.91 Å². The Morgan fingerprint density at radius 1 is 1.42 bits per heavy atom. The van der Waals surface area contributed by atoms with E-state index in [0.29, 0.717) is 30.1 Å². The third-order valence-corrected chi connectivity index (χ3v) is 4.37. The summed E-state index contributed by atoms with van der Waals surface area (Å²) in [5, 5.41) is 6.19. The van der Waals surface area contributed by atoms with Crippen LogP contribution in [0.25, 0.3) is 0 Å². The number of aromatic nitrogens is 1. The Bertz CT molecular complexity index is 786. The van der Waals surface area contributed by atoms with Crippen LogP contribution in [-0.2, 0) is 19.0 Å². The van der Waals surface area contributed by atoms with E-state index >= 15 is 0 Å². The molecule has 0 unspecified atom stereocenters. The fraction of sp³-hybridized carbons (Fsp3) is 0.375. The Hall–Kier alpha value is -2.02. The van der Waals surface area contributed by atoms with Gasteiger partial charge in [-0.2, -0.15) is 13.2 Å². The van der Waals surface area contributed by atoms with Crippen molar-refractivity contribution in [2.75, 3.05) is 5.32 Å². The summed E-state index contributed by atoms with van der Waals surface area (Å²) in [6.07, 6.45) is -2.23. The summed E-state index contributed by atoms with van der Waals surface area (Å²) in [6.45, 7) is 2.06. The highest BCUT2D eigenvalue weighted by atomic mass is 35.5. The zero-order valence-corrected chi connectivity index (χ0v) is 13.5. The highest BCUT2D eigenvalue weighted by Crippen LogP contribution is 2.34. The first-order chi connectivity index (χ1) is 11.3. The molecule has 1 atom stereocenters. The van der Waals surface area contributed by atoms with Crippen LogP contribution in [0.15, 0.2) is 22.7 Å². The minimum atomic E-state index is -4.52. The number of anilines is 1. The van der Waals surface area contributed by atoms with E-state index in [9.17, 15) is 18.0 Å². The smallest absolute Gasteiger partial charge is 0.360 e. The minimum Gasteiger partial charge on any atom is -0.360 e. The van der Waals surface area contributed by atoms with Crippen molar-refractivity contribution >= 4 is 23.2 Å². The Labute approximate surface area is 141 Å². The Morgan fingerprint density at radius 3 is 2.88 bits per heavy atom. The van der Waals surface area contributed by atoms with Gasteiger partial charge in [-0.1, -0.05) is 23.7 Å². The van der Waals surface area contributed by atoms with Gasteiger partial charge < -0.3 is 9.84 Å². The van der Waals surface area contributed by atoms with Gasteiger partial charge in [0, 0.05) is 12.0 Å². The summed E-state index contributed by atoms with van der Waals surface area (Å²) >= 11 is 5.89. The Morgan fingerprint density at radius 2 is 2.17 bits per heavy atom. The molecule has 2 aromatic rings. The number of nitrogens with zero attached hydrogens (tertiary/aromatic N) is 1. The van der Waals surface area contributed by atoms with Crippen molar-refractivity contribution in [1.29, 1.82) is 0 Å². The predicted octanol–water partition coefficient (Wildman–Crippen LogP) is 4.72. The first kappa shape index (κ1) is 16.8. The molecule has 1 N–H and O–H groups in total. The van der Waals surface area contributed by atoms with Crippen LogP contribution in [0.5, 0.6) is 0 Å². The van der Waals surface area contributed by atoms with Gasteiger partial charge in [-0.15, -0.1) is 0 Å². The van der Waals surface area contributed by atoms with Gasteiger partial charge in [-0.25, -0.2) is 0 Å². The number of amides is 1. The first-order valence-corrected chi connectivity index (χ1v) is 7.79. The summed E-state index contributed by atoms with van der Waals surface area (Å²) in [5.74, 6) is 0.421. The van der Waals surface area contributed by atoms with Gasteiger partial charge in [-0.3, -0.25) is 4.79 Å². The summed E-state index contributed by atoms with van der Waals surface area (Å²) in [6, 6.07) is 2.76. The number of alkyl halides is 3. The molecule has 1 aromatic carbocycles. The summed E-state index contributed by atoms with van der Waals surface area (Å²) < 4.78 is 43.6. The van der Waals surface area contributed by atoms with Gasteiger partial charge in [0.1, 0.15) is 5.76 Å². The topological polar surface area (TPSA) is 55.1 Å². The van der Waals surface area contributed by atoms with Gasteiger partial charge in [0.2, 0.25) is 0 Å². The van der Waals surface area contributed by atoms with E-state index in [-0.39, 0.29) is 16.4 Å². The van der Waals surface area contributed by atoms with Gasteiger partial charge in [0.15, 0.2) is 5.69 Å². The number of benzene rings is 1. The number of nitrogens with one attached hydrogen (secondary N) is 1. The lowest BCUT2D eigenvalue weighted by Gasteiger charge is -2.16. The largest absolute Gasteiger partial charge is 0.416 e. The molecule has 8 heteroatoms.